The molecule has 0 saturated heterocycles. The molecule has 0 aromatic carbocycles. The van der Waals surface area contributed by atoms with E-state index >= 15 is 0 Å². The molecule has 0 amide bonds. The van der Waals surface area contributed by atoms with E-state index in [0.29, 0.717) is 12.1 Å². The SMILES string of the molecule is CNC1CC(Nc2c(C)c(Nc3cc(C)ns3)nc3ccsc23)C1. The van der Waals surface area contributed by atoms with Gasteiger partial charge in [-0.3, -0.25) is 0 Å². The highest BCUT2D eigenvalue weighted by molar-refractivity contribution is 7.17. The van der Waals surface area contributed by atoms with Crippen LogP contribution in [0.5, 0.6) is 0 Å². The molecule has 0 aliphatic heterocycles. The topological polar surface area (TPSA) is 61.9 Å². The van der Waals surface area contributed by atoms with Crippen LogP contribution in [0.25, 0.3) is 10.2 Å². The van der Waals surface area contributed by atoms with Crippen molar-refractivity contribution in [2.45, 2.75) is 38.8 Å². The number of hydrogen-bond acceptors (Lipinski definition) is 7. The Morgan fingerprint density at radius 3 is 2.75 bits per heavy atom. The van der Waals surface area contributed by atoms with Crippen molar-refractivity contribution in [3.8, 4) is 0 Å². The van der Waals surface area contributed by atoms with Gasteiger partial charge in [-0.2, -0.15) is 4.37 Å². The zero-order chi connectivity index (χ0) is 16.7. The summed E-state index contributed by atoms with van der Waals surface area (Å²) in [5.41, 5.74) is 4.46. The second-order valence-electron chi connectivity index (χ2n) is 6.35. The first-order chi connectivity index (χ1) is 11.6. The minimum Gasteiger partial charge on any atom is -0.381 e. The molecule has 3 aromatic rings. The van der Waals surface area contributed by atoms with Gasteiger partial charge in [0, 0.05) is 17.6 Å². The van der Waals surface area contributed by atoms with Gasteiger partial charge in [0.25, 0.3) is 0 Å². The largest absolute Gasteiger partial charge is 0.381 e. The van der Waals surface area contributed by atoms with E-state index in [2.05, 4.69) is 44.8 Å². The molecule has 1 saturated carbocycles. The number of aromatic nitrogens is 2. The van der Waals surface area contributed by atoms with Crippen molar-refractivity contribution in [3.63, 3.8) is 0 Å². The number of hydrogen-bond donors (Lipinski definition) is 3. The highest BCUT2D eigenvalue weighted by Gasteiger charge is 2.29. The number of pyridine rings is 1. The monoisotopic (exact) mass is 359 g/mol. The zero-order valence-electron chi connectivity index (χ0n) is 14.0. The fourth-order valence-corrected chi connectivity index (χ4v) is 4.64. The molecule has 126 valence electrons. The Bertz CT molecular complexity index is 863. The molecular formula is C17H21N5S2. The third-order valence-corrected chi connectivity index (χ3v) is 6.32. The molecule has 5 nitrogen and oxygen atoms in total. The maximum absolute atomic E-state index is 4.81. The van der Waals surface area contributed by atoms with E-state index in [1.165, 1.54) is 40.3 Å². The summed E-state index contributed by atoms with van der Waals surface area (Å²) in [6.07, 6.45) is 2.34. The maximum Gasteiger partial charge on any atom is 0.136 e. The van der Waals surface area contributed by atoms with Crippen molar-refractivity contribution >= 4 is 49.6 Å². The van der Waals surface area contributed by atoms with Gasteiger partial charge >= 0.3 is 0 Å². The van der Waals surface area contributed by atoms with Crippen LogP contribution in [0, 0.1) is 13.8 Å². The summed E-state index contributed by atoms with van der Waals surface area (Å²) >= 11 is 3.22. The molecule has 24 heavy (non-hydrogen) atoms. The highest BCUT2D eigenvalue weighted by atomic mass is 32.1. The average Bonchev–Trinajstić information content (AvgIpc) is 3.14. The van der Waals surface area contributed by atoms with Gasteiger partial charge in [0.1, 0.15) is 10.8 Å². The van der Waals surface area contributed by atoms with Crippen LogP contribution in [0.2, 0.25) is 0 Å². The van der Waals surface area contributed by atoms with E-state index < -0.39 is 0 Å². The van der Waals surface area contributed by atoms with Gasteiger partial charge in [-0.1, -0.05) is 0 Å². The number of rotatable bonds is 5. The number of thiophene rings is 1. The van der Waals surface area contributed by atoms with Crippen molar-refractivity contribution in [1.82, 2.24) is 14.7 Å². The summed E-state index contributed by atoms with van der Waals surface area (Å²) in [6, 6.07) is 5.32. The molecule has 0 radical (unpaired) electrons. The summed E-state index contributed by atoms with van der Waals surface area (Å²) in [7, 11) is 2.04. The fraction of sp³-hybridized carbons (Fsp3) is 0.412. The molecule has 1 fully saturated rings. The van der Waals surface area contributed by atoms with Gasteiger partial charge in [0.2, 0.25) is 0 Å². The second kappa shape index (κ2) is 6.31. The lowest BCUT2D eigenvalue weighted by molar-refractivity contribution is 0.326. The molecular weight excluding hydrogens is 338 g/mol. The predicted molar refractivity (Wildman–Crippen MR) is 104 cm³/mol. The Balaban J connectivity index is 1.66. The van der Waals surface area contributed by atoms with Crippen molar-refractivity contribution in [2.75, 3.05) is 17.7 Å². The van der Waals surface area contributed by atoms with E-state index in [1.807, 2.05) is 14.0 Å². The van der Waals surface area contributed by atoms with Gasteiger partial charge in [-0.25, -0.2) is 4.98 Å². The van der Waals surface area contributed by atoms with Crippen LogP contribution >= 0.6 is 22.9 Å². The molecule has 3 aromatic heterocycles. The minimum atomic E-state index is 0.535. The molecule has 0 atom stereocenters. The van der Waals surface area contributed by atoms with Crippen LogP contribution in [-0.4, -0.2) is 28.5 Å². The van der Waals surface area contributed by atoms with Gasteiger partial charge in [-0.05, 0) is 62.8 Å². The molecule has 0 bridgehead atoms. The van der Waals surface area contributed by atoms with E-state index in [4.69, 9.17) is 4.98 Å². The third kappa shape index (κ3) is 2.87. The number of anilines is 3. The Labute approximate surface area is 149 Å². The van der Waals surface area contributed by atoms with Gasteiger partial charge in [-0.15, -0.1) is 11.3 Å². The Hall–Kier alpha value is -1.70. The number of fused-ring (bicyclic) bond motifs is 1. The standard InChI is InChI=1S/C17H21N5S2/c1-9-6-14(24-22-9)21-17-10(2)15(16-13(20-17)4-5-23-16)19-12-7-11(8-12)18-3/h4-6,11-12,18H,7-8H2,1-3H3,(H2,19,20,21). The van der Waals surface area contributed by atoms with Crippen molar-refractivity contribution in [1.29, 1.82) is 0 Å². The number of nitrogens with one attached hydrogen (secondary N) is 3. The van der Waals surface area contributed by atoms with Gasteiger partial charge < -0.3 is 16.0 Å². The van der Waals surface area contributed by atoms with E-state index in [9.17, 15) is 0 Å². The molecule has 4 rings (SSSR count). The molecule has 3 heterocycles. The lowest BCUT2D eigenvalue weighted by atomic mass is 9.86. The highest BCUT2D eigenvalue weighted by Crippen LogP contribution is 2.38. The summed E-state index contributed by atoms with van der Waals surface area (Å²) in [5.74, 6) is 0.913. The Morgan fingerprint density at radius 1 is 1.21 bits per heavy atom. The van der Waals surface area contributed by atoms with E-state index in [1.54, 1.807) is 11.3 Å². The van der Waals surface area contributed by atoms with E-state index in [0.717, 1.165) is 22.0 Å². The lowest BCUT2D eigenvalue weighted by Crippen LogP contribution is -2.46. The Morgan fingerprint density at radius 2 is 2.04 bits per heavy atom. The van der Waals surface area contributed by atoms with Crippen LogP contribution in [0.1, 0.15) is 24.1 Å². The molecule has 7 heteroatoms. The van der Waals surface area contributed by atoms with Crippen LogP contribution in [0.3, 0.4) is 0 Å². The first-order valence-electron chi connectivity index (χ1n) is 8.16. The fourth-order valence-electron chi connectivity index (χ4n) is 3.08. The maximum atomic E-state index is 4.81. The first kappa shape index (κ1) is 15.8. The van der Waals surface area contributed by atoms with Gasteiger partial charge in [0.15, 0.2) is 0 Å². The van der Waals surface area contributed by atoms with Crippen molar-refractivity contribution < 1.29 is 0 Å². The predicted octanol–water partition coefficient (Wildman–Crippen LogP) is 4.28. The van der Waals surface area contributed by atoms with Crippen LogP contribution in [-0.2, 0) is 0 Å². The van der Waals surface area contributed by atoms with Crippen molar-refractivity contribution in [2.24, 2.45) is 0 Å². The molecule has 1 aliphatic rings. The molecule has 3 N–H and O–H groups in total. The summed E-state index contributed by atoms with van der Waals surface area (Å²) in [6.45, 7) is 4.14. The summed E-state index contributed by atoms with van der Waals surface area (Å²) in [4.78, 5) is 4.81. The van der Waals surface area contributed by atoms with Crippen LogP contribution in [0.4, 0.5) is 16.5 Å². The molecule has 1 aliphatic carbocycles. The van der Waals surface area contributed by atoms with Crippen LogP contribution < -0.4 is 16.0 Å². The molecule has 0 spiro atoms. The second-order valence-corrected chi connectivity index (χ2v) is 8.07. The normalized spacial score (nSPS) is 20.1. The Kier molecular flexibility index (Phi) is 4.15. The van der Waals surface area contributed by atoms with Crippen molar-refractivity contribution in [3.05, 3.63) is 28.8 Å². The quantitative estimate of drug-likeness (QED) is 0.635. The average molecular weight is 360 g/mol. The minimum absolute atomic E-state index is 0.535. The number of nitrogens with zero attached hydrogens (tertiary/aromatic N) is 2. The smallest absolute Gasteiger partial charge is 0.136 e. The van der Waals surface area contributed by atoms with Crippen LogP contribution in [0.15, 0.2) is 17.5 Å². The summed E-state index contributed by atoms with van der Waals surface area (Å²) < 4.78 is 5.58. The molecule has 0 unspecified atom stereocenters. The third-order valence-electron chi connectivity index (χ3n) is 4.60. The lowest BCUT2D eigenvalue weighted by Gasteiger charge is -2.36. The first-order valence-corrected chi connectivity index (χ1v) is 9.81. The van der Waals surface area contributed by atoms with E-state index in [-0.39, 0.29) is 0 Å². The number of aryl methyl sites for hydroxylation is 1. The summed E-state index contributed by atoms with van der Waals surface area (Å²) in [5, 5.41) is 13.7. The van der Waals surface area contributed by atoms with Gasteiger partial charge in [0.05, 0.1) is 21.6 Å². The zero-order valence-corrected chi connectivity index (χ0v) is 15.6.